The van der Waals surface area contributed by atoms with E-state index in [1.165, 1.54) is 57.2 Å². The van der Waals surface area contributed by atoms with Gasteiger partial charge in [0, 0.05) is 25.3 Å². The van der Waals surface area contributed by atoms with Crippen LogP contribution in [0.4, 0.5) is 0 Å². The first-order chi connectivity index (χ1) is 24.3. The number of carbonyl (C=O) groups excluding carboxylic acids is 6. The summed E-state index contributed by atoms with van der Waals surface area (Å²) in [4.78, 5) is 81.5. The summed E-state index contributed by atoms with van der Waals surface area (Å²) < 4.78 is 28.6. The van der Waals surface area contributed by atoms with Crippen molar-refractivity contribution in [3.8, 4) is 0 Å². The van der Waals surface area contributed by atoms with Crippen molar-refractivity contribution < 1.29 is 67.8 Å². The van der Waals surface area contributed by atoms with Gasteiger partial charge >= 0.3 is 23.9 Å². The van der Waals surface area contributed by atoms with Crippen molar-refractivity contribution in [1.82, 2.24) is 0 Å². The Balaban J connectivity index is 1.80. The Morgan fingerprint density at radius 2 is 1.23 bits per heavy atom. The second-order valence-electron chi connectivity index (χ2n) is 14.3. The second-order valence-corrected chi connectivity index (χ2v) is 14.3. The molecule has 3 N–H and O–H groups in total. The largest absolute Gasteiger partial charge is 0.459 e. The number of carbonyl (C=O) groups is 6. The molecule has 0 spiro atoms. The van der Waals surface area contributed by atoms with Crippen LogP contribution in [0.25, 0.3) is 0 Å². The number of epoxide rings is 1. The van der Waals surface area contributed by atoms with Crippen molar-refractivity contribution in [2.75, 3.05) is 0 Å². The molecule has 3 aliphatic rings. The molecule has 0 aromatic heterocycles. The minimum Gasteiger partial charge on any atom is -0.459 e. The van der Waals surface area contributed by atoms with Crippen LogP contribution in [0.2, 0.25) is 0 Å². The van der Waals surface area contributed by atoms with E-state index < -0.39 is 112 Å². The summed E-state index contributed by atoms with van der Waals surface area (Å²) in [5, 5.41) is 36.7. The van der Waals surface area contributed by atoms with Gasteiger partial charge in [0.15, 0.2) is 35.5 Å². The summed E-state index contributed by atoms with van der Waals surface area (Å²) in [6, 6.07) is 15.0. The Bertz CT molecular complexity index is 1770. The molecule has 0 radical (unpaired) electrons. The molecule has 1 heterocycles. The number of ketones is 2. The van der Waals surface area contributed by atoms with Crippen molar-refractivity contribution in [2.45, 2.75) is 95.5 Å². The molecule has 2 aromatic carbocycles. The van der Waals surface area contributed by atoms with Crippen LogP contribution in [0.15, 0.2) is 72.8 Å². The van der Waals surface area contributed by atoms with Crippen molar-refractivity contribution in [3.63, 3.8) is 0 Å². The van der Waals surface area contributed by atoms with Crippen LogP contribution in [-0.4, -0.2) is 105 Å². The van der Waals surface area contributed by atoms with E-state index in [1.54, 1.807) is 24.3 Å². The lowest BCUT2D eigenvalue weighted by Crippen LogP contribution is -2.62. The molecule has 14 nitrogen and oxygen atoms in total. The fraction of sp³-hybridized carbons (Fsp3) is 0.474. The lowest BCUT2D eigenvalue weighted by molar-refractivity contribution is -0.193. The van der Waals surface area contributed by atoms with Gasteiger partial charge in [-0.3, -0.25) is 19.2 Å². The molecule has 2 aromatic rings. The van der Waals surface area contributed by atoms with Gasteiger partial charge in [-0.25, -0.2) is 9.59 Å². The molecular formula is C38H42O14. The number of hydrogen-bond acceptors (Lipinski definition) is 14. The molecule has 1 aliphatic heterocycles. The predicted molar refractivity (Wildman–Crippen MR) is 178 cm³/mol. The smallest absolute Gasteiger partial charge is 0.338 e. The summed E-state index contributed by atoms with van der Waals surface area (Å²) in [7, 11) is 0. The predicted octanol–water partition coefficient (Wildman–Crippen LogP) is 1.91. The molecule has 14 heteroatoms. The molecule has 0 amide bonds. The zero-order valence-corrected chi connectivity index (χ0v) is 29.5. The van der Waals surface area contributed by atoms with Gasteiger partial charge in [0.05, 0.1) is 34.7 Å². The average molecular weight is 723 g/mol. The number of Topliss-reactive ketones (excluding diaryl/α,β-unsaturated/α-hetero) is 2. The average Bonchev–Trinajstić information content (AvgIpc) is 3.90. The number of rotatable bonds is 6. The highest BCUT2D eigenvalue weighted by molar-refractivity contribution is 5.95. The van der Waals surface area contributed by atoms with E-state index in [4.69, 9.17) is 23.7 Å². The summed E-state index contributed by atoms with van der Waals surface area (Å²) in [5.74, 6) is -9.49. The Morgan fingerprint density at radius 3 is 1.71 bits per heavy atom. The van der Waals surface area contributed by atoms with E-state index >= 15 is 0 Å². The lowest BCUT2D eigenvalue weighted by atomic mass is 9.70. The first kappa shape index (κ1) is 38.5. The lowest BCUT2D eigenvalue weighted by Gasteiger charge is -2.41. The van der Waals surface area contributed by atoms with Gasteiger partial charge in [0.1, 0.15) is 17.8 Å². The van der Waals surface area contributed by atoms with Gasteiger partial charge < -0.3 is 39.0 Å². The van der Waals surface area contributed by atoms with Gasteiger partial charge in [-0.1, -0.05) is 63.7 Å². The van der Waals surface area contributed by atoms with Crippen molar-refractivity contribution in [2.24, 2.45) is 17.3 Å². The maximum absolute atomic E-state index is 14.8. The summed E-state index contributed by atoms with van der Waals surface area (Å²) in [6.07, 6.45) is -12.5. The molecule has 278 valence electrons. The van der Waals surface area contributed by atoms with Crippen molar-refractivity contribution >= 4 is 35.4 Å². The van der Waals surface area contributed by atoms with Crippen LogP contribution in [0.3, 0.4) is 0 Å². The summed E-state index contributed by atoms with van der Waals surface area (Å²) in [5.41, 5.74) is -7.72. The number of ether oxygens (including phenoxy) is 5. The number of esters is 4. The van der Waals surface area contributed by atoms with Gasteiger partial charge in [-0.05, 0) is 31.2 Å². The SMILES string of the molecule is C=C1C(OC(=O)c2ccccc2)[C@@H](O)C(=O)C(C)(C)[C@@H]2O[C@H]2[C@@H](C)C(=O)[C@]2(O)[C@@H]([C@@H](OC(C)=O)[C@](C)(O)[C@@H]2OC(C)=O)[C@H]1OC(=O)c1ccccc1. The third-order valence-corrected chi connectivity index (χ3v) is 10.2. The second kappa shape index (κ2) is 14.0. The zero-order valence-electron chi connectivity index (χ0n) is 29.5. The van der Waals surface area contributed by atoms with Crippen LogP contribution in [-0.2, 0) is 42.9 Å². The topological polar surface area (TPSA) is 213 Å². The third kappa shape index (κ3) is 6.67. The number of fused-ring (bicyclic) bond motifs is 2. The van der Waals surface area contributed by atoms with Crippen LogP contribution in [0.1, 0.15) is 62.3 Å². The summed E-state index contributed by atoms with van der Waals surface area (Å²) in [6.45, 7) is 11.3. The molecule has 3 fully saturated rings. The molecule has 0 bridgehead atoms. The first-order valence-electron chi connectivity index (χ1n) is 16.7. The molecule has 2 aliphatic carbocycles. The monoisotopic (exact) mass is 722 g/mol. The third-order valence-electron chi connectivity index (χ3n) is 10.2. The standard InChI is InChI=1S/C38H42O14/c1-18-26(51-33(44)22-14-10-8-11-15-22)24-31(48-20(3)39)37(7,46)35(49-21(4)40)38(24,47)29(42)19(2)28-32(50-28)36(5,6)30(43)25(41)27(18)52-34(45)23-16-12-9-13-17-23/h8-17,19,24-28,31-32,35,41,46-47H,1H2,2-7H3/t19-,24-,25-,26+,27?,28+,31-,32-,35+,37+,38-/m1/s1. The zero-order chi connectivity index (χ0) is 38.5. The number of benzene rings is 2. The normalized spacial score (nSPS) is 35.5. The minimum absolute atomic E-state index is 0.000709. The molecule has 1 unspecified atom stereocenters. The number of aliphatic hydroxyl groups is 3. The Kier molecular flexibility index (Phi) is 10.4. The van der Waals surface area contributed by atoms with E-state index in [2.05, 4.69) is 6.58 Å². The van der Waals surface area contributed by atoms with Gasteiger partial charge in [-0.2, -0.15) is 0 Å². The van der Waals surface area contributed by atoms with Crippen LogP contribution >= 0.6 is 0 Å². The fourth-order valence-electron chi connectivity index (χ4n) is 7.45. The van der Waals surface area contributed by atoms with Crippen molar-refractivity contribution in [1.29, 1.82) is 0 Å². The first-order valence-corrected chi connectivity index (χ1v) is 16.7. The highest BCUT2D eigenvalue weighted by atomic mass is 16.6. The number of hydrogen-bond donors (Lipinski definition) is 3. The van der Waals surface area contributed by atoms with E-state index in [-0.39, 0.29) is 11.1 Å². The van der Waals surface area contributed by atoms with Crippen LogP contribution < -0.4 is 0 Å². The van der Waals surface area contributed by atoms with Crippen LogP contribution in [0.5, 0.6) is 0 Å². The van der Waals surface area contributed by atoms with Gasteiger partial charge in [0.25, 0.3) is 0 Å². The quantitative estimate of drug-likeness (QED) is 0.168. The number of aliphatic hydroxyl groups excluding tert-OH is 1. The highest BCUT2D eigenvalue weighted by Crippen LogP contribution is 2.54. The molecule has 1 saturated heterocycles. The van der Waals surface area contributed by atoms with Gasteiger partial charge in [0.2, 0.25) is 0 Å². The molecule has 11 atom stereocenters. The molecular weight excluding hydrogens is 680 g/mol. The molecule has 2 saturated carbocycles. The van der Waals surface area contributed by atoms with E-state index in [0.29, 0.717) is 0 Å². The Labute approximate surface area is 299 Å². The van der Waals surface area contributed by atoms with E-state index in [1.807, 2.05) is 0 Å². The maximum Gasteiger partial charge on any atom is 0.338 e. The Hall–Kier alpha value is -4.76. The maximum atomic E-state index is 14.8. The van der Waals surface area contributed by atoms with E-state index in [9.17, 15) is 44.1 Å². The van der Waals surface area contributed by atoms with E-state index in [0.717, 1.165) is 20.8 Å². The van der Waals surface area contributed by atoms with Crippen molar-refractivity contribution in [3.05, 3.63) is 83.9 Å². The Morgan fingerprint density at radius 1 is 0.750 bits per heavy atom. The highest BCUT2D eigenvalue weighted by Gasteiger charge is 2.76. The van der Waals surface area contributed by atoms with Crippen LogP contribution in [0, 0.1) is 17.3 Å². The fourth-order valence-corrected chi connectivity index (χ4v) is 7.45. The molecule has 52 heavy (non-hydrogen) atoms. The summed E-state index contributed by atoms with van der Waals surface area (Å²) >= 11 is 0. The molecule has 5 rings (SSSR count). The minimum atomic E-state index is -3.04. The van der Waals surface area contributed by atoms with Gasteiger partial charge in [-0.15, -0.1) is 0 Å².